The van der Waals surface area contributed by atoms with E-state index in [1.807, 2.05) is 40.9 Å². The van der Waals surface area contributed by atoms with Crippen molar-refractivity contribution in [1.29, 1.82) is 0 Å². The average Bonchev–Trinajstić information content (AvgIpc) is 3.31. The minimum Gasteiger partial charge on any atom is -0.496 e. The first-order valence-corrected chi connectivity index (χ1v) is 13.5. The molecule has 7 heteroatoms. The topological polar surface area (TPSA) is 66.2 Å². The molecule has 1 aromatic heterocycles. The Hall–Kier alpha value is -2.48. The number of furan rings is 1. The van der Waals surface area contributed by atoms with Crippen LogP contribution in [0.3, 0.4) is 0 Å². The Morgan fingerprint density at radius 3 is 2.51 bits per heavy atom. The Balaban J connectivity index is 1.27. The lowest BCUT2D eigenvalue weighted by molar-refractivity contribution is -0.0276. The molecule has 0 radical (unpaired) electrons. The van der Waals surface area contributed by atoms with E-state index in [-0.39, 0.29) is 5.91 Å². The van der Waals surface area contributed by atoms with Gasteiger partial charge in [0.05, 0.1) is 12.7 Å². The van der Waals surface area contributed by atoms with Gasteiger partial charge in [-0.15, -0.1) is 0 Å². The molecule has 1 N–H and O–H groups in total. The van der Waals surface area contributed by atoms with Gasteiger partial charge in [0.1, 0.15) is 11.3 Å². The van der Waals surface area contributed by atoms with Gasteiger partial charge in [-0.3, -0.25) is 9.69 Å². The van der Waals surface area contributed by atoms with Gasteiger partial charge >= 0.3 is 0 Å². The van der Waals surface area contributed by atoms with Crippen molar-refractivity contribution in [3.63, 3.8) is 0 Å². The number of methoxy groups -OCH3 is 1. The van der Waals surface area contributed by atoms with Crippen molar-refractivity contribution in [2.75, 3.05) is 44.8 Å². The van der Waals surface area contributed by atoms with Gasteiger partial charge in [-0.05, 0) is 73.2 Å². The Morgan fingerprint density at radius 2 is 1.80 bits per heavy atom. The first-order chi connectivity index (χ1) is 16.9. The van der Waals surface area contributed by atoms with Crippen molar-refractivity contribution in [2.24, 2.45) is 0 Å². The van der Waals surface area contributed by atoms with Gasteiger partial charge in [-0.25, -0.2) is 0 Å². The maximum atomic E-state index is 12.8. The number of piperidine rings is 1. The normalized spacial score (nSPS) is 18.7. The fourth-order valence-electron chi connectivity index (χ4n) is 5.21. The molecule has 5 rings (SSSR count). The van der Waals surface area contributed by atoms with Gasteiger partial charge in [0.25, 0.3) is 5.91 Å². The first-order valence-electron chi connectivity index (χ1n) is 12.4. The third-order valence-corrected chi connectivity index (χ3v) is 8.44. The molecule has 2 aliphatic rings. The van der Waals surface area contributed by atoms with Crippen molar-refractivity contribution in [1.82, 2.24) is 9.80 Å². The summed E-state index contributed by atoms with van der Waals surface area (Å²) in [5.41, 5.74) is 4.39. The van der Waals surface area contributed by atoms with Crippen LogP contribution in [-0.4, -0.2) is 65.6 Å². The zero-order chi connectivity index (χ0) is 24.6. The molecule has 3 aromatic rings. The highest BCUT2D eigenvalue weighted by Gasteiger charge is 2.34. The van der Waals surface area contributed by atoms with Crippen LogP contribution in [0.2, 0.25) is 0 Å². The number of carbonyl (C=O) groups excluding carboxylic acids is 1. The van der Waals surface area contributed by atoms with Gasteiger partial charge in [0.15, 0.2) is 5.76 Å². The summed E-state index contributed by atoms with van der Waals surface area (Å²) in [6.07, 6.45) is 1.34. The molecular weight excluding hydrogens is 460 g/mol. The molecule has 35 heavy (non-hydrogen) atoms. The van der Waals surface area contributed by atoms with E-state index in [0.717, 1.165) is 66.5 Å². The van der Waals surface area contributed by atoms with Crippen molar-refractivity contribution >= 4 is 28.6 Å². The minimum atomic E-state index is -0.874. The maximum absolute atomic E-state index is 12.8. The van der Waals surface area contributed by atoms with Crippen molar-refractivity contribution in [3.05, 3.63) is 64.4 Å². The summed E-state index contributed by atoms with van der Waals surface area (Å²) >= 11 is 1.88. The van der Waals surface area contributed by atoms with E-state index in [2.05, 4.69) is 30.9 Å². The average molecular weight is 495 g/mol. The lowest BCUT2D eigenvalue weighted by Gasteiger charge is -2.38. The number of benzene rings is 2. The number of ether oxygens (including phenoxy) is 1. The molecule has 2 saturated heterocycles. The molecule has 0 spiro atoms. The van der Waals surface area contributed by atoms with Crippen LogP contribution in [0.1, 0.15) is 45.7 Å². The number of aryl methyl sites for hydroxylation is 2. The molecule has 0 bridgehead atoms. The Labute approximate surface area is 211 Å². The van der Waals surface area contributed by atoms with E-state index in [9.17, 15) is 9.90 Å². The molecule has 0 aliphatic carbocycles. The molecule has 3 heterocycles. The molecule has 0 saturated carbocycles. The largest absolute Gasteiger partial charge is 0.496 e. The maximum Gasteiger partial charge on any atom is 0.289 e. The second-order valence-electron chi connectivity index (χ2n) is 9.82. The molecule has 186 valence electrons. The van der Waals surface area contributed by atoms with Crippen LogP contribution in [0.4, 0.5) is 0 Å². The number of aliphatic hydroxyl groups is 1. The molecule has 0 unspecified atom stereocenters. The Bertz CT molecular complexity index is 1220. The van der Waals surface area contributed by atoms with E-state index in [1.54, 1.807) is 7.11 Å². The van der Waals surface area contributed by atoms with Gasteiger partial charge in [0, 0.05) is 49.6 Å². The number of hydrogen-bond acceptors (Lipinski definition) is 6. The lowest BCUT2D eigenvalue weighted by Crippen LogP contribution is -2.42. The Morgan fingerprint density at radius 1 is 1.06 bits per heavy atom. The van der Waals surface area contributed by atoms with E-state index >= 15 is 0 Å². The lowest BCUT2D eigenvalue weighted by atomic mass is 9.84. The number of carbonyl (C=O) groups is 1. The second-order valence-corrected chi connectivity index (χ2v) is 11.0. The zero-order valence-electron chi connectivity index (χ0n) is 20.8. The van der Waals surface area contributed by atoms with Gasteiger partial charge in [0.2, 0.25) is 0 Å². The quantitative estimate of drug-likeness (QED) is 0.553. The van der Waals surface area contributed by atoms with Crippen LogP contribution in [-0.2, 0) is 12.1 Å². The smallest absolute Gasteiger partial charge is 0.289 e. The molecule has 1 amide bonds. The number of thioether (sulfide) groups is 1. The minimum absolute atomic E-state index is 0.0425. The highest BCUT2D eigenvalue weighted by molar-refractivity contribution is 7.99. The molecular formula is C28H34N2O4S. The Kier molecular flexibility index (Phi) is 6.84. The highest BCUT2D eigenvalue weighted by atomic mass is 32.2. The third-order valence-electron chi connectivity index (χ3n) is 7.49. The van der Waals surface area contributed by atoms with Crippen LogP contribution in [0, 0.1) is 13.8 Å². The third kappa shape index (κ3) is 4.95. The summed E-state index contributed by atoms with van der Waals surface area (Å²) < 4.78 is 11.3. The number of fused-ring (bicyclic) bond motifs is 1. The number of amides is 1. The van der Waals surface area contributed by atoms with Crippen molar-refractivity contribution < 1.29 is 19.1 Å². The van der Waals surface area contributed by atoms with Crippen LogP contribution < -0.4 is 4.74 Å². The molecule has 2 aliphatic heterocycles. The summed E-state index contributed by atoms with van der Waals surface area (Å²) in [5, 5.41) is 12.4. The summed E-state index contributed by atoms with van der Waals surface area (Å²) in [5.74, 6) is 3.21. The van der Waals surface area contributed by atoms with E-state index < -0.39 is 5.60 Å². The first kappa shape index (κ1) is 24.2. The van der Waals surface area contributed by atoms with E-state index in [1.165, 1.54) is 11.1 Å². The van der Waals surface area contributed by atoms with Crippen LogP contribution >= 0.6 is 11.8 Å². The zero-order valence-corrected chi connectivity index (χ0v) is 21.6. The second kappa shape index (κ2) is 9.88. The highest BCUT2D eigenvalue weighted by Crippen LogP contribution is 2.36. The summed E-state index contributed by atoms with van der Waals surface area (Å²) in [6.45, 7) is 8.24. The summed E-state index contributed by atoms with van der Waals surface area (Å²) in [7, 11) is 1.71. The monoisotopic (exact) mass is 494 g/mol. The van der Waals surface area contributed by atoms with Crippen LogP contribution in [0.15, 0.2) is 40.8 Å². The van der Waals surface area contributed by atoms with Gasteiger partial charge < -0.3 is 19.2 Å². The number of likely N-dealkylation sites (tertiary alicyclic amines) is 1. The predicted molar refractivity (Wildman–Crippen MR) is 140 cm³/mol. The number of rotatable bonds is 5. The molecule has 2 fully saturated rings. The fourth-order valence-corrected chi connectivity index (χ4v) is 6.11. The van der Waals surface area contributed by atoms with Crippen LogP contribution in [0.25, 0.3) is 11.0 Å². The van der Waals surface area contributed by atoms with E-state index in [0.29, 0.717) is 24.2 Å². The SMILES string of the molecule is COc1cc(C)c(CN2CCC(O)(c3ccc4oc(C(=O)N5CCSCC5)cc4c3)CC2)cc1C. The number of hydrogen-bond donors (Lipinski definition) is 1. The molecule has 6 nitrogen and oxygen atoms in total. The summed E-state index contributed by atoms with van der Waals surface area (Å²) in [4.78, 5) is 17.1. The van der Waals surface area contributed by atoms with E-state index in [4.69, 9.17) is 9.15 Å². The molecule has 0 atom stereocenters. The van der Waals surface area contributed by atoms with Crippen molar-refractivity contribution in [3.8, 4) is 5.75 Å². The number of nitrogens with zero attached hydrogens (tertiary/aromatic N) is 2. The van der Waals surface area contributed by atoms with Crippen molar-refractivity contribution in [2.45, 2.75) is 38.8 Å². The fraction of sp³-hybridized carbons (Fsp3) is 0.464. The standard InChI is InChI=1S/C28H34N2O4S/c1-19-15-25(33-3)20(2)14-22(19)18-29-8-6-28(32,7-9-29)23-4-5-24-21(16-23)17-26(34-24)27(31)30-10-12-35-13-11-30/h4-5,14-17,32H,6-13,18H2,1-3H3. The van der Waals surface area contributed by atoms with Crippen LogP contribution in [0.5, 0.6) is 5.75 Å². The van der Waals surface area contributed by atoms with Gasteiger partial charge in [-0.1, -0.05) is 12.1 Å². The van der Waals surface area contributed by atoms with Gasteiger partial charge in [-0.2, -0.15) is 11.8 Å². The summed E-state index contributed by atoms with van der Waals surface area (Å²) in [6, 6.07) is 12.0. The predicted octanol–water partition coefficient (Wildman–Crippen LogP) is 4.73. The molecule has 2 aromatic carbocycles.